The van der Waals surface area contributed by atoms with Gasteiger partial charge < -0.3 is 9.47 Å². The lowest BCUT2D eigenvalue weighted by Gasteiger charge is -2.07. The van der Waals surface area contributed by atoms with Crippen molar-refractivity contribution in [3.8, 4) is 5.75 Å². The molecule has 0 aliphatic heterocycles. The normalized spacial score (nSPS) is 12.0. The first-order valence-electron chi connectivity index (χ1n) is 3.97. The van der Waals surface area contributed by atoms with Gasteiger partial charge in [-0.3, -0.25) is 0 Å². The third-order valence-electron chi connectivity index (χ3n) is 1.36. The van der Waals surface area contributed by atoms with Crippen LogP contribution in [0, 0.1) is 11.6 Å². The van der Waals surface area contributed by atoms with Crippen LogP contribution in [0.5, 0.6) is 5.75 Å². The zero-order valence-corrected chi connectivity index (χ0v) is 8.42. The molecule has 0 fully saturated rings. The van der Waals surface area contributed by atoms with Crippen LogP contribution in [0.3, 0.4) is 0 Å². The van der Waals surface area contributed by atoms with Gasteiger partial charge >= 0.3 is 6.16 Å². The summed E-state index contributed by atoms with van der Waals surface area (Å²) < 4.78 is 34.5. The van der Waals surface area contributed by atoms with Gasteiger partial charge in [0.05, 0.1) is 0 Å². The Morgan fingerprint density at radius 1 is 1.40 bits per heavy atom. The lowest BCUT2D eigenvalue weighted by atomic mass is 10.3. The Morgan fingerprint density at radius 3 is 2.40 bits per heavy atom. The van der Waals surface area contributed by atoms with E-state index in [1.165, 1.54) is 6.92 Å². The van der Waals surface area contributed by atoms with Crippen LogP contribution in [0.2, 0.25) is 0 Å². The van der Waals surface area contributed by atoms with Crippen molar-refractivity contribution in [1.29, 1.82) is 0 Å². The van der Waals surface area contributed by atoms with E-state index in [1.807, 2.05) is 0 Å². The number of para-hydroxylation sites is 1. The van der Waals surface area contributed by atoms with Gasteiger partial charge in [0.15, 0.2) is 17.2 Å². The number of rotatable bonds is 2. The van der Waals surface area contributed by atoms with E-state index in [-0.39, 0.29) is 0 Å². The largest absolute Gasteiger partial charge is 0.515 e. The zero-order chi connectivity index (χ0) is 11.4. The first kappa shape index (κ1) is 11.7. The molecule has 1 rings (SSSR count). The highest BCUT2D eigenvalue weighted by Crippen LogP contribution is 2.21. The van der Waals surface area contributed by atoms with E-state index >= 15 is 0 Å². The minimum Gasteiger partial charge on any atom is -0.415 e. The Kier molecular flexibility index (Phi) is 3.85. The molecule has 0 heterocycles. The monoisotopic (exact) mass is 236 g/mol. The van der Waals surface area contributed by atoms with E-state index in [1.54, 1.807) is 0 Å². The van der Waals surface area contributed by atoms with Gasteiger partial charge in [0.1, 0.15) is 0 Å². The molecule has 0 saturated carbocycles. The Hall–Kier alpha value is -1.36. The van der Waals surface area contributed by atoms with E-state index in [0.717, 1.165) is 18.2 Å². The maximum absolute atomic E-state index is 12.9. The van der Waals surface area contributed by atoms with E-state index in [4.69, 9.17) is 11.6 Å². The smallest absolute Gasteiger partial charge is 0.415 e. The summed E-state index contributed by atoms with van der Waals surface area (Å²) in [5.74, 6) is -2.79. The lowest BCUT2D eigenvalue weighted by molar-refractivity contribution is 0.0893. The molecule has 0 aliphatic carbocycles. The molecule has 0 N–H and O–H groups in total. The maximum Gasteiger partial charge on any atom is 0.515 e. The molecule has 0 aromatic heterocycles. The summed E-state index contributed by atoms with van der Waals surface area (Å²) in [7, 11) is 0. The molecule has 6 heteroatoms. The third-order valence-corrected chi connectivity index (χ3v) is 1.45. The van der Waals surface area contributed by atoms with E-state index in [0.29, 0.717) is 0 Å². The third kappa shape index (κ3) is 3.36. The van der Waals surface area contributed by atoms with Crippen molar-refractivity contribution in [2.45, 2.75) is 12.5 Å². The van der Waals surface area contributed by atoms with Gasteiger partial charge in [-0.25, -0.2) is 13.6 Å². The van der Waals surface area contributed by atoms with Crippen molar-refractivity contribution < 1.29 is 23.0 Å². The topological polar surface area (TPSA) is 35.5 Å². The average molecular weight is 237 g/mol. The van der Waals surface area contributed by atoms with Gasteiger partial charge in [-0.05, 0) is 19.1 Å². The Morgan fingerprint density at radius 2 is 1.93 bits per heavy atom. The summed E-state index contributed by atoms with van der Waals surface area (Å²) in [6.07, 6.45) is -1.26. The number of carbonyl (C=O) groups is 1. The molecule has 0 spiro atoms. The summed E-state index contributed by atoms with van der Waals surface area (Å²) in [6.45, 7) is 1.36. The van der Waals surface area contributed by atoms with Crippen molar-refractivity contribution in [2.24, 2.45) is 0 Å². The Labute approximate surface area is 89.5 Å². The Bertz CT molecular complexity index is 348. The summed E-state index contributed by atoms with van der Waals surface area (Å²) >= 11 is 5.31. The maximum atomic E-state index is 12.9. The molecular formula is C9H7ClF2O3. The first-order valence-corrected chi connectivity index (χ1v) is 4.41. The standard InChI is InChI=1S/C9H7ClF2O3/c1-5(10)14-9(13)15-8-6(11)3-2-4-7(8)12/h2-5H,1H3/t5-/m1/s1. The second-order valence-corrected chi connectivity index (χ2v) is 3.18. The fourth-order valence-corrected chi connectivity index (χ4v) is 0.893. The molecule has 15 heavy (non-hydrogen) atoms. The second kappa shape index (κ2) is 4.93. The fourth-order valence-electron chi connectivity index (χ4n) is 0.820. The molecule has 0 aliphatic rings. The van der Waals surface area contributed by atoms with Gasteiger partial charge in [0.25, 0.3) is 0 Å². The van der Waals surface area contributed by atoms with Crippen molar-refractivity contribution >= 4 is 17.8 Å². The van der Waals surface area contributed by atoms with Crippen molar-refractivity contribution in [1.82, 2.24) is 0 Å². The highest BCUT2D eigenvalue weighted by atomic mass is 35.5. The van der Waals surface area contributed by atoms with Crippen LogP contribution in [-0.2, 0) is 4.74 Å². The van der Waals surface area contributed by atoms with Crippen LogP contribution in [0.4, 0.5) is 13.6 Å². The number of carbonyl (C=O) groups excluding carboxylic acids is 1. The molecule has 1 atom stereocenters. The molecule has 0 saturated heterocycles. The second-order valence-electron chi connectivity index (χ2n) is 2.56. The lowest BCUT2D eigenvalue weighted by Crippen LogP contribution is -2.15. The van der Waals surface area contributed by atoms with Crippen LogP contribution in [-0.4, -0.2) is 11.7 Å². The van der Waals surface area contributed by atoms with Crippen LogP contribution >= 0.6 is 11.6 Å². The fraction of sp³-hybridized carbons (Fsp3) is 0.222. The predicted molar refractivity (Wildman–Crippen MR) is 48.8 cm³/mol. The molecular weight excluding hydrogens is 230 g/mol. The van der Waals surface area contributed by atoms with Gasteiger partial charge in [0, 0.05) is 0 Å². The number of hydrogen-bond acceptors (Lipinski definition) is 3. The van der Waals surface area contributed by atoms with Crippen molar-refractivity contribution in [3.05, 3.63) is 29.8 Å². The van der Waals surface area contributed by atoms with Crippen molar-refractivity contribution in [3.63, 3.8) is 0 Å². The summed E-state index contributed by atoms with van der Waals surface area (Å²) in [4.78, 5) is 10.9. The van der Waals surface area contributed by atoms with E-state index in [2.05, 4.69) is 9.47 Å². The number of hydrogen-bond donors (Lipinski definition) is 0. The summed E-state index contributed by atoms with van der Waals surface area (Å²) in [5, 5.41) is 0. The van der Waals surface area contributed by atoms with Crippen LogP contribution in [0.15, 0.2) is 18.2 Å². The zero-order valence-electron chi connectivity index (χ0n) is 7.67. The highest BCUT2D eigenvalue weighted by Gasteiger charge is 2.16. The SMILES string of the molecule is C[C@H](Cl)OC(=O)Oc1c(F)cccc1F. The molecule has 0 radical (unpaired) electrons. The minimum atomic E-state index is -1.26. The molecule has 1 aromatic rings. The quantitative estimate of drug-likeness (QED) is 0.450. The summed E-state index contributed by atoms with van der Waals surface area (Å²) in [5.41, 5.74) is -0.938. The highest BCUT2D eigenvalue weighted by molar-refractivity contribution is 6.19. The summed E-state index contributed by atoms with van der Waals surface area (Å²) in [6, 6.07) is 3.05. The minimum absolute atomic E-state index is 0.806. The average Bonchev–Trinajstić information content (AvgIpc) is 2.10. The van der Waals surface area contributed by atoms with Crippen LogP contribution in [0.1, 0.15) is 6.92 Å². The number of ether oxygens (including phenoxy) is 2. The van der Waals surface area contributed by atoms with Gasteiger partial charge in [-0.2, -0.15) is 0 Å². The molecule has 82 valence electrons. The molecule has 3 nitrogen and oxygen atoms in total. The van der Waals surface area contributed by atoms with Gasteiger partial charge in [-0.1, -0.05) is 17.7 Å². The molecule has 1 aromatic carbocycles. The number of alkyl halides is 1. The van der Waals surface area contributed by atoms with Crippen LogP contribution in [0.25, 0.3) is 0 Å². The number of benzene rings is 1. The van der Waals surface area contributed by atoms with E-state index < -0.39 is 29.1 Å². The van der Waals surface area contributed by atoms with Gasteiger partial charge in [-0.15, -0.1) is 0 Å². The number of halogens is 3. The molecule has 0 unspecified atom stereocenters. The van der Waals surface area contributed by atoms with Crippen molar-refractivity contribution in [2.75, 3.05) is 0 Å². The predicted octanol–water partition coefficient (Wildman–Crippen LogP) is 3.07. The van der Waals surface area contributed by atoms with Gasteiger partial charge in [0.2, 0.25) is 5.75 Å². The Balaban J connectivity index is 2.76. The molecule has 0 amide bonds. The molecule has 0 bridgehead atoms. The van der Waals surface area contributed by atoms with Crippen LogP contribution < -0.4 is 4.74 Å². The van der Waals surface area contributed by atoms with E-state index in [9.17, 15) is 13.6 Å². The first-order chi connectivity index (χ1) is 7.00.